The zero-order chi connectivity index (χ0) is 18.5. The Morgan fingerprint density at radius 2 is 1.81 bits per heavy atom. The molecule has 134 valence electrons. The van der Waals surface area contributed by atoms with Crippen molar-refractivity contribution >= 4 is 34.5 Å². The molecule has 0 unspecified atom stereocenters. The summed E-state index contributed by atoms with van der Waals surface area (Å²) in [5.74, 6) is -0.137. The number of ether oxygens (including phenoxy) is 1. The minimum Gasteiger partial charge on any atom is -0.495 e. The van der Waals surface area contributed by atoms with Crippen molar-refractivity contribution in [3.8, 4) is 5.75 Å². The lowest BCUT2D eigenvalue weighted by Gasteiger charge is -2.14. The third-order valence-corrected chi connectivity index (χ3v) is 5.02. The van der Waals surface area contributed by atoms with E-state index < -0.39 is 5.25 Å². The van der Waals surface area contributed by atoms with E-state index in [1.54, 1.807) is 24.3 Å². The Bertz CT molecular complexity index is 825. The molecule has 0 spiro atoms. The molecule has 1 saturated heterocycles. The quantitative estimate of drug-likeness (QED) is 0.844. The molecule has 0 bridgehead atoms. The van der Waals surface area contributed by atoms with Gasteiger partial charge in [-0.2, -0.15) is 0 Å². The Morgan fingerprint density at radius 1 is 1.12 bits per heavy atom. The van der Waals surface area contributed by atoms with Gasteiger partial charge in [0.25, 0.3) is 5.24 Å². The second-order valence-electron chi connectivity index (χ2n) is 5.73. The number of hydrogen-bond donors (Lipinski definition) is 1. The molecule has 0 saturated carbocycles. The van der Waals surface area contributed by atoms with Crippen molar-refractivity contribution in [2.45, 2.75) is 18.2 Å². The number of rotatable bonds is 6. The average Bonchev–Trinajstić information content (AvgIpc) is 2.90. The number of carbonyl (C=O) groups is 3. The van der Waals surface area contributed by atoms with Crippen LogP contribution in [0.25, 0.3) is 0 Å². The van der Waals surface area contributed by atoms with Gasteiger partial charge < -0.3 is 10.1 Å². The highest BCUT2D eigenvalue weighted by Crippen LogP contribution is 2.31. The highest BCUT2D eigenvalue weighted by atomic mass is 32.2. The van der Waals surface area contributed by atoms with Crippen LogP contribution in [0.1, 0.15) is 12.0 Å². The van der Waals surface area contributed by atoms with E-state index in [1.165, 1.54) is 12.0 Å². The predicted molar refractivity (Wildman–Crippen MR) is 100 cm³/mol. The van der Waals surface area contributed by atoms with Gasteiger partial charge >= 0.3 is 0 Å². The number of hydrogen-bond acceptors (Lipinski definition) is 5. The van der Waals surface area contributed by atoms with Crippen molar-refractivity contribution in [1.29, 1.82) is 0 Å². The van der Waals surface area contributed by atoms with E-state index in [0.717, 1.165) is 17.3 Å². The summed E-state index contributed by atoms with van der Waals surface area (Å²) in [6, 6.07) is 16.3. The molecule has 0 radical (unpaired) electrons. The third-order valence-electron chi connectivity index (χ3n) is 3.94. The van der Waals surface area contributed by atoms with Crippen molar-refractivity contribution in [2.24, 2.45) is 0 Å². The summed E-state index contributed by atoms with van der Waals surface area (Å²) in [4.78, 5) is 38.2. The van der Waals surface area contributed by atoms with Gasteiger partial charge in [-0.3, -0.25) is 19.3 Å². The predicted octanol–water partition coefficient (Wildman–Crippen LogP) is 3.29. The Labute approximate surface area is 155 Å². The van der Waals surface area contributed by atoms with Crippen LogP contribution in [0.3, 0.4) is 0 Å². The van der Waals surface area contributed by atoms with Crippen LogP contribution in [-0.4, -0.2) is 34.3 Å². The van der Waals surface area contributed by atoms with E-state index in [9.17, 15) is 14.4 Å². The molecule has 1 N–H and O–H groups in total. The Kier molecular flexibility index (Phi) is 5.58. The number of benzene rings is 2. The van der Waals surface area contributed by atoms with Crippen LogP contribution in [0.15, 0.2) is 54.6 Å². The monoisotopic (exact) mass is 370 g/mol. The lowest BCUT2D eigenvalue weighted by molar-refractivity contribution is -0.129. The lowest BCUT2D eigenvalue weighted by atomic mass is 10.2. The van der Waals surface area contributed by atoms with E-state index in [2.05, 4.69) is 5.32 Å². The maximum atomic E-state index is 12.5. The molecule has 0 aromatic heterocycles. The van der Waals surface area contributed by atoms with Gasteiger partial charge in [-0.25, -0.2) is 0 Å². The Balaban J connectivity index is 1.62. The average molecular weight is 370 g/mol. The molecular formula is C19H18N2O4S. The van der Waals surface area contributed by atoms with Crippen molar-refractivity contribution in [3.05, 3.63) is 60.2 Å². The summed E-state index contributed by atoms with van der Waals surface area (Å²) >= 11 is 0.895. The normalized spacial score (nSPS) is 16.7. The molecule has 2 aromatic carbocycles. The number of methoxy groups -OCH3 is 1. The van der Waals surface area contributed by atoms with Crippen LogP contribution in [-0.2, 0) is 16.1 Å². The van der Waals surface area contributed by atoms with Gasteiger partial charge in [-0.1, -0.05) is 54.2 Å². The molecule has 3 rings (SSSR count). The minimum absolute atomic E-state index is 0.0709. The topological polar surface area (TPSA) is 75.7 Å². The van der Waals surface area contributed by atoms with E-state index in [1.807, 2.05) is 30.3 Å². The van der Waals surface area contributed by atoms with Crippen LogP contribution in [0.5, 0.6) is 5.75 Å². The number of anilines is 1. The molecule has 0 aliphatic carbocycles. The van der Waals surface area contributed by atoms with Crippen molar-refractivity contribution < 1.29 is 19.1 Å². The second kappa shape index (κ2) is 8.05. The van der Waals surface area contributed by atoms with Crippen molar-refractivity contribution in [3.63, 3.8) is 0 Å². The lowest BCUT2D eigenvalue weighted by Crippen LogP contribution is -2.32. The molecule has 1 aliphatic heterocycles. The van der Waals surface area contributed by atoms with Crippen molar-refractivity contribution in [2.75, 3.05) is 12.4 Å². The molecule has 1 atom stereocenters. The Morgan fingerprint density at radius 3 is 2.54 bits per heavy atom. The molecule has 3 amide bonds. The summed E-state index contributed by atoms with van der Waals surface area (Å²) in [5, 5.41) is 1.70. The first-order chi connectivity index (χ1) is 12.6. The number of para-hydroxylation sites is 2. The van der Waals surface area contributed by atoms with Gasteiger partial charge in [-0.05, 0) is 17.7 Å². The summed E-state index contributed by atoms with van der Waals surface area (Å²) in [5.41, 5.74) is 1.40. The van der Waals surface area contributed by atoms with Crippen LogP contribution in [0, 0.1) is 0 Å². The Hall–Kier alpha value is -2.80. The molecule has 26 heavy (non-hydrogen) atoms. The fraction of sp³-hybridized carbons (Fsp3) is 0.211. The largest absolute Gasteiger partial charge is 0.495 e. The van der Waals surface area contributed by atoms with Crippen LogP contribution in [0.4, 0.5) is 10.5 Å². The maximum absolute atomic E-state index is 12.5. The van der Waals surface area contributed by atoms with Gasteiger partial charge in [0.15, 0.2) is 0 Å². The van der Waals surface area contributed by atoms with Gasteiger partial charge in [0, 0.05) is 6.42 Å². The molecule has 2 aromatic rings. The van der Waals surface area contributed by atoms with Crippen molar-refractivity contribution in [1.82, 2.24) is 4.90 Å². The summed E-state index contributed by atoms with van der Waals surface area (Å²) < 4.78 is 5.19. The fourth-order valence-electron chi connectivity index (χ4n) is 2.65. The standard InChI is InChI=1S/C19H18N2O4S/c1-25-15-10-6-5-9-14(15)20-17(22)11-16-18(23)21(19(24)26-16)12-13-7-3-2-4-8-13/h2-10,16H,11-12H2,1H3,(H,20,22)/t16-/m1/s1. The molecule has 1 fully saturated rings. The molecule has 7 heteroatoms. The smallest absolute Gasteiger partial charge is 0.289 e. The number of carbonyl (C=O) groups excluding carboxylic acids is 3. The minimum atomic E-state index is -0.707. The third kappa shape index (κ3) is 4.05. The van der Waals surface area contributed by atoms with Gasteiger partial charge in [0.05, 0.1) is 19.3 Å². The van der Waals surface area contributed by atoms with Crippen LogP contribution >= 0.6 is 11.8 Å². The highest BCUT2D eigenvalue weighted by Gasteiger charge is 2.40. The number of nitrogens with one attached hydrogen (secondary N) is 1. The first kappa shape index (κ1) is 18.0. The summed E-state index contributed by atoms with van der Waals surface area (Å²) in [6.45, 7) is 0.218. The van der Waals surface area contributed by atoms with Crippen LogP contribution < -0.4 is 10.1 Å². The first-order valence-electron chi connectivity index (χ1n) is 8.07. The molecule has 1 aliphatic rings. The zero-order valence-corrected chi connectivity index (χ0v) is 15.0. The van der Waals surface area contributed by atoms with Gasteiger partial charge in [0.2, 0.25) is 11.8 Å². The van der Waals surface area contributed by atoms with E-state index in [0.29, 0.717) is 11.4 Å². The van der Waals surface area contributed by atoms with E-state index in [4.69, 9.17) is 4.74 Å². The number of imide groups is 1. The molecule has 6 nitrogen and oxygen atoms in total. The first-order valence-corrected chi connectivity index (χ1v) is 8.95. The summed E-state index contributed by atoms with van der Waals surface area (Å²) in [6.07, 6.45) is -0.0709. The number of amides is 3. The fourth-order valence-corrected chi connectivity index (χ4v) is 3.64. The van der Waals surface area contributed by atoms with E-state index in [-0.39, 0.29) is 30.0 Å². The maximum Gasteiger partial charge on any atom is 0.289 e. The number of thioether (sulfide) groups is 1. The molecular weight excluding hydrogens is 352 g/mol. The zero-order valence-electron chi connectivity index (χ0n) is 14.2. The SMILES string of the molecule is COc1ccccc1NC(=O)C[C@H]1SC(=O)N(Cc2ccccc2)C1=O. The van der Waals surface area contributed by atoms with E-state index >= 15 is 0 Å². The number of nitrogens with zero attached hydrogens (tertiary/aromatic N) is 1. The summed E-state index contributed by atoms with van der Waals surface area (Å²) in [7, 11) is 1.52. The highest BCUT2D eigenvalue weighted by molar-refractivity contribution is 8.15. The van der Waals surface area contributed by atoms with Gasteiger partial charge in [-0.15, -0.1) is 0 Å². The van der Waals surface area contributed by atoms with Gasteiger partial charge in [0.1, 0.15) is 11.0 Å². The second-order valence-corrected chi connectivity index (χ2v) is 6.89. The van der Waals surface area contributed by atoms with Crippen LogP contribution in [0.2, 0.25) is 0 Å². The molecule has 1 heterocycles.